The van der Waals surface area contributed by atoms with Crippen LogP contribution in [-0.4, -0.2) is 16.1 Å². The average Bonchev–Trinajstić information content (AvgIpc) is 2.33. The van der Waals surface area contributed by atoms with Crippen molar-refractivity contribution in [3.8, 4) is 0 Å². The van der Waals surface area contributed by atoms with Crippen LogP contribution in [0.25, 0.3) is 0 Å². The number of rotatable bonds is 3. The van der Waals surface area contributed by atoms with Crippen molar-refractivity contribution in [1.29, 1.82) is 0 Å². The second-order valence-electron chi connectivity index (χ2n) is 2.05. The van der Waals surface area contributed by atoms with Gasteiger partial charge in [0.15, 0.2) is 0 Å². The Morgan fingerprint density at radius 3 is 2.45 bits per heavy atom. The lowest BCUT2D eigenvalue weighted by molar-refractivity contribution is -0.137. The number of carboxylic acid groups (broad SMARTS) is 1. The SMILES string of the molecule is O=C(O)CCC1(S)N=NN=N1. The first-order valence-corrected chi connectivity index (χ1v) is 3.35. The Hall–Kier alpha value is -0.980. The molecule has 1 heterocycles. The Balaban J connectivity index is 2.42. The van der Waals surface area contributed by atoms with Gasteiger partial charge in [-0.05, 0) is 10.4 Å². The van der Waals surface area contributed by atoms with Gasteiger partial charge in [0.25, 0.3) is 0 Å². The number of hydrogen-bond donors (Lipinski definition) is 2. The fraction of sp³-hybridized carbons (Fsp3) is 0.750. The van der Waals surface area contributed by atoms with Crippen LogP contribution in [0, 0.1) is 0 Å². The highest BCUT2D eigenvalue weighted by Gasteiger charge is 2.28. The summed E-state index contributed by atoms with van der Waals surface area (Å²) in [5, 5.41) is 21.8. The van der Waals surface area contributed by atoms with E-state index in [1.54, 1.807) is 0 Å². The summed E-state index contributed by atoms with van der Waals surface area (Å²) in [6, 6.07) is 0. The second kappa shape index (κ2) is 2.95. The molecule has 0 atom stereocenters. The molecule has 0 bridgehead atoms. The first-order valence-electron chi connectivity index (χ1n) is 2.91. The molecule has 0 saturated carbocycles. The molecule has 0 spiro atoms. The van der Waals surface area contributed by atoms with Gasteiger partial charge in [0.05, 0.1) is 6.42 Å². The zero-order valence-electron chi connectivity index (χ0n) is 5.51. The summed E-state index contributed by atoms with van der Waals surface area (Å²) in [7, 11) is 0. The summed E-state index contributed by atoms with van der Waals surface area (Å²) in [6.07, 6.45) is 0.167. The van der Waals surface area contributed by atoms with Gasteiger partial charge in [-0.15, -0.1) is 22.9 Å². The smallest absolute Gasteiger partial charge is 0.303 e. The summed E-state index contributed by atoms with van der Waals surface area (Å²) in [6.45, 7) is 0. The van der Waals surface area contributed by atoms with Gasteiger partial charge in [0.1, 0.15) is 0 Å². The summed E-state index contributed by atoms with van der Waals surface area (Å²) in [4.78, 5) is 9.08. The minimum absolute atomic E-state index is 0.0401. The number of aliphatic carboxylic acids is 1. The zero-order chi connectivity index (χ0) is 8.32. The standard InChI is InChI=1S/C4H6N4O2S/c9-3(10)1-2-4(11)5-7-8-6-4/h11H,1-2H2,(H,9,10). The third-order valence-corrected chi connectivity index (χ3v) is 1.53. The molecule has 0 amide bonds. The van der Waals surface area contributed by atoms with Crippen LogP contribution in [-0.2, 0) is 4.79 Å². The van der Waals surface area contributed by atoms with Crippen molar-refractivity contribution in [1.82, 2.24) is 0 Å². The van der Waals surface area contributed by atoms with E-state index in [1.165, 1.54) is 0 Å². The van der Waals surface area contributed by atoms with Crippen molar-refractivity contribution in [3.63, 3.8) is 0 Å². The quantitative estimate of drug-likeness (QED) is 0.631. The maximum atomic E-state index is 10.1. The molecule has 0 aromatic rings. The fourth-order valence-electron chi connectivity index (χ4n) is 0.578. The summed E-state index contributed by atoms with van der Waals surface area (Å²) >= 11 is 3.97. The second-order valence-corrected chi connectivity index (χ2v) is 2.76. The first kappa shape index (κ1) is 8.12. The Morgan fingerprint density at radius 2 is 2.00 bits per heavy atom. The normalized spacial score (nSPS) is 19.0. The van der Waals surface area contributed by atoms with Gasteiger partial charge in [0, 0.05) is 6.42 Å². The third-order valence-electron chi connectivity index (χ3n) is 1.12. The number of hydrogen-bond acceptors (Lipinski definition) is 6. The van der Waals surface area contributed by atoms with Crippen LogP contribution in [0.15, 0.2) is 20.7 Å². The van der Waals surface area contributed by atoms with Crippen LogP contribution >= 0.6 is 12.6 Å². The van der Waals surface area contributed by atoms with E-state index in [4.69, 9.17) is 5.11 Å². The topological polar surface area (TPSA) is 86.7 Å². The highest BCUT2D eigenvalue weighted by molar-refractivity contribution is 7.81. The molecule has 0 aliphatic carbocycles. The number of thiol groups is 1. The molecule has 0 saturated heterocycles. The molecule has 0 fully saturated rings. The highest BCUT2D eigenvalue weighted by atomic mass is 32.1. The molecule has 7 heteroatoms. The lowest BCUT2D eigenvalue weighted by Crippen LogP contribution is -2.14. The van der Waals surface area contributed by atoms with Crippen LogP contribution in [0.3, 0.4) is 0 Å². The van der Waals surface area contributed by atoms with Crippen molar-refractivity contribution in [2.24, 2.45) is 20.7 Å². The summed E-state index contributed by atoms with van der Waals surface area (Å²) < 4.78 is 0. The molecule has 1 aliphatic heterocycles. The molecule has 1 rings (SSSR count). The Labute approximate surface area is 67.8 Å². The van der Waals surface area contributed by atoms with Crippen molar-refractivity contribution >= 4 is 18.6 Å². The molecule has 6 nitrogen and oxygen atoms in total. The maximum Gasteiger partial charge on any atom is 0.303 e. The van der Waals surface area contributed by atoms with E-state index in [0.717, 1.165) is 0 Å². The van der Waals surface area contributed by atoms with E-state index in [-0.39, 0.29) is 12.8 Å². The van der Waals surface area contributed by atoms with Gasteiger partial charge in [-0.25, -0.2) is 0 Å². The monoisotopic (exact) mass is 174 g/mol. The van der Waals surface area contributed by atoms with Gasteiger partial charge in [-0.2, -0.15) is 0 Å². The molecule has 0 aromatic heterocycles. The lowest BCUT2D eigenvalue weighted by atomic mass is 10.2. The molecular weight excluding hydrogens is 168 g/mol. The number of carboxylic acids is 1. The summed E-state index contributed by atoms with van der Waals surface area (Å²) in [5.74, 6) is -0.907. The molecule has 60 valence electrons. The van der Waals surface area contributed by atoms with Crippen LogP contribution in [0.4, 0.5) is 0 Å². The predicted molar refractivity (Wildman–Crippen MR) is 38.3 cm³/mol. The molecule has 0 radical (unpaired) electrons. The Kier molecular flexibility index (Phi) is 2.18. The van der Waals surface area contributed by atoms with E-state index in [1.807, 2.05) is 0 Å². The molecule has 0 unspecified atom stereocenters. The minimum atomic E-state index is -1.04. The van der Waals surface area contributed by atoms with Crippen LogP contribution in [0.5, 0.6) is 0 Å². The maximum absolute atomic E-state index is 10.1. The summed E-state index contributed by atoms with van der Waals surface area (Å²) in [5.41, 5.74) is 0. The van der Waals surface area contributed by atoms with E-state index in [0.29, 0.717) is 0 Å². The van der Waals surface area contributed by atoms with E-state index < -0.39 is 11.0 Å². The average molecular weight is 174 g/mol. The van der Waals surface area contributed by atoms with E-state index in [9.17, 15) is 4.79 Å². The Morgan fingerprint density at radius 1 is 1.45 bits per heavy atom. The van der Waals surface area contributed by atoms with Crippen LogP contribution in [0.1, 0.15) is 12.8 Å². The molecule has 0 aromatic carbocycles. The zero-order valence-corrected chi connectivity index (χ0v) is 6.40. The lowest BCUT2D eigenvalue weighted by Gasteiger charge is -2.08. The predicted octanol–water partition coefficient (Wildman–Crippen LogP) is 1.27. The van der Waals surface area contributed by atoms with E-state index >= 15 is 0 Å². The van der Waals surface area contributed by atoms with Crippen molar-refractivity contribution in [2.45, 2.75) is 17.8 Å². The van der Waals surface area contributed by atoms with Gasteiger partial charge >= 0.3 is 5.97 Å². The van der Waals surface area contributed by atoms with Crippen LogP contribution < -0.4 is 0 Å². The largest absolute Gasteiger partial charge is 0.481 e. The first-order chi connectivity index (χ1) is 5.12. The molecule has 1 N–H and O–H groups in total. The number of carbonyl (C=O) groups is 1. The molecule has 1 aliphatic rings. The Bertz CT molecular complexity index is 214. The highest BCUT2D eigenvalue weighted by Crippen LogP contribution is 2.29. The van der Waals surface area contributed by atoms with Gasteiger partial charge < -0.3 is 5.11 Å². The van der Waals surface area contributed by atoms with Crippen molar-refractivity contribution in [2.75, 3.05) is 0 Å². The van der Waals surface area contributed by atoms with E-state index in [2.05, 4.69) is 33.3 Å². The fourth-order valence-corrected chi connectivity index (χ4v) is 0.770. The van der Waals surface area contributed by atoms with Crippen molar-refractivity contribution in [3.05, 3.63) is 0 Å². The number of nitrogens with zero attached hydrogens (tertiary/aromatic N) is 4. The molecule has 11 heavy (non-hydrogen) atoms. The van der Waals surface area contributed by atoms with Gasteiger partial charge in [-0.1, -0.05) is 0 Å². The van der Waals surface area contributed by atoms with Gasteiger partial charge in [0.2, 0.25) is 4.99 Å². The van der Waals surface area contributed by atoms with Gasteiger partial charge in [-0.3, -0.25) is 4.79 Å². The molecular formula is C4H6N4O2S. The minimum Gasteiger partial charge on any atom is -0.481 e. The van der Waals surface area contributed by atoms with Crippen molar-refractivity contribution < 1.29 is 9.90 Å². The van der Waals surface area contributed by atoms with Crippen LogP contribution in [0.2, 0.25) is 0 Å². The third kappa shape index (κ3) is 2.26.